The van der Waals surface area contributed by atoms with Crippen molar-refractivity contribution in [3.63, 3.8) is 0 Å². The minimum absolute atomic E-state index is 0.325. The van der Waals surface area contributed by atoms with E-state index >= 15 is 0 Å². The fraction of sp³-hybridized carbons (Fsp3) is 0.176. The Bertz CT molecular complexity index is 823. The van der Waals surface area contributed by atoms with E-state index in [1.54, 1.807) is 17.8 Å². The lowest BCUT2D eigenvalue weighted by atomic mass is 10.2. The van der Waals surface area contributed by atoms with Crippen molar-refractivity contribution in [1.29, 1.82) is 0 Å². The zero-order valence-electron chi connectivity index (χ0n) is 12.9. The molecule has 0 aliphatic heterocycles. The Morgan fingerprint density at radius 2 is 1.88 bits per heavy atom. The summed E-state index contributed by atoms with van der Waals surface area (Å²) in [7, 11) is 1.94. The Morgan fingerprint density at radius 1 is 1.12 bits per heavy atom. The normalized spacial score (nSPS) is 10.8. The van der Waals surface area contributed by atoms with E-state index in [4.69, 9.17) is 16.3 Å². The minimum Gasteiger partial charge on any atom is -0.484 e. The maximum atomic E-state index is 6.09. The quantitative estimate of drug-likeness (QED) is 0.516. The highest BCUT2D eigenvalue weighted by Crippen LogP contribution is 2.25. The number of thioether (sulfide) groups is 1. The number of hydrogen-bond acceptors (Lipinski definition) is 4. The SMILES string of the molecule is Cn1c(COc2ccccc2Cl)nnc1SCc1ccc(Br)cc1. The fourth-order valence-electron chi connectivity index (χ4n) is 2.03. The van der Waals surface area contributed by atoms with Gasteiger partial charge in [0, 0.05) is 17.3 Å². The molecule has 7 heteroatoms. The van der Waals surface area contributed by atoms with Crippen LogP contribution in [0.1, 0.15) is 11.4 Å². The predicted octanol–water partition coefficient (Wildman–Crippen LogP) is 5.10. The molecule has 0 spiro atoms. The summed E-state index contributed by atoms with van der Waals surface area (Å²) in [5.74, 6) is 2.24. The predicted molar refractivity (Wildman–Crippen MR) is 100 cm³/mol. The van der Waals surface area contributed by atoms with Gasteiger partial charge in [-0.3, -0.25) is 0 Å². The highest BCUT2D eigenvalue weighted by Gasteiger charge is 2.11. The highest BCUT2D eigenvalue weighted by molar-refractivity contribution is 9.10. The second-order valence-electron chi connectivity index (χ2n) is 5.09. The van der Waals surface area contributed by atoms with Gasteiger partial charge in [-0.25, -0.2) is 0 Å². The van der Waals surface area contributed by atoms with Gasteiger partial charge in [-0.2, -0.15) is 0 Å². The molecule has 3 rings (SSSR count). The summed E-state index contributed by atoms with van der Waals surface area (Å²) in [5.41, 5.74) is 1.24. The fourth-order valence-corrected chi connectivity index (χ4v) is 3.37. The average Bonchev–Trinajstić information content (AvgIpc) is 2.94. The van der Waals surface area contributed by atoms with Crippen LogP contribution in [0, 0.1) is 0 Å². The summed E-state index contributed by atoms with van der Waals surface area (Å²) < 4.78 is 8.75. The maximum absolute atomic E-state index is 6.09. The van der Waals surface area contributed by atoms with Gasteiger partial charge in [0.2, 0.25) is 0 Å². The molecule has 0 N–H and O–H groups in total. The summed E-state index contributed by atoms with van der Waals surface area (Å²) in [6, 6.07) is 15.6. The number of ether oxygens (including phenoxy) is 1. The van der Waals surface area contributed by atoms with Gasteiger partial charge in [-0.05, 0) is 29.8 Å². The Kier molecular flexibility index (Phi) is 5.81. The number of rotatable bonds is 6. The van der Waals surface area contributed by atoms with E-state index < -0.39 is 0 Å². The van der Waals surface area contributed by atoms with Crippen LogP contribution < -0.4 is 4.74 Å². The third-order valence-corrected chi connectivity index (χ3v) is 5.33. The van der Waals surface area contributed by atoms with Crippen LogP contribution in [0.3, 0.4) is 0 Å². The van der Waals surface area contributed by atoms with E-state index in [0.717, 1.165) is 21.2 Å². The van der Waals surface area contributed by atoms with Gasteiger partial charge in [-0.1, -0.05) is 63.6 Å². The van der Waals surface area contributed by atoms with E-state index in [2.05, 4.69) is 38.3 Å². The third-order valence-electron chi connectivity index (χ3n) is 3.40. The Labute approximate surface area is 158 Å². The largest absolute Gasteiger partial charge is 0.484 e. The molecular weight excluding hydrogens is 410 g/mol. The molecule has 2 aromatic carbocycles. The first-order valence-electron chi connectivity index (χ1n) is 7.26. The first-order valence-corrected chi connectivity index (χ1v) is 9.42. The Hall–Kier alpha value is -1.50. The first-order chi connectivity index (χ1) is 11.6. The van der Waals surface area contributed by atoms with Crippen molar-refractivity contribution in [2.75, 3.05) is 0 Å². The number of nitrogens with zero attached hydrogens (tertiary/aromatic N) is 3. The second kappa shape index (κ2) is 8.05. The van der Waals surface area contributed by atoms with Gasteiger partial charge < -0.3 is 9.30 Å². The number of halogens is 2. The van der Waals surface area contributed by atoms with Crippen molar-refractivity contribution in [3.05, 3.63) is 69.4 Å². The zero-order valence-corrected chi connectivity index (χ0v) is 16.1. The van der Waals surface area contributed by atoms with Crippen LogP contribution in [0.4, 0.5) is 0 Å². The van der Waals surface area contributed by atoms with Crippen molar-refractivity contribution < 1.29 is 4.74 Å². The summed E-state index contributed by atoms with van der Waals surface area (Å²) in [6.45, 7) is 0.325. The Balaban J connectivity index is 1.61. The van der Waals surface area contributed by atoms with Crippen LogP contribution >= 0.6 is 39.3 Å². The van der Waals surface area contributed by atoms with Crippen molar-refractivity contribution >= 4 is 39.3 Å². The van der Waals surface area contributed by atoms with Gasteiger partial charge in [0.05, 0.1) is 5.02 Å². The summed E-state index contributed by atoms with van der Waals surface area (Å²) in [4.78, 5) is 0. The molecule has 0 fully saturated rings. The van der Waals surface area contributed by atoms with Crippen LogP contribution in [-0.4, -0.2) is 14.8 Å². The van der Waals surface area contributed by atoms with Crippen molar-refractivity contribution in [1.82, 2.24) is 14.8 Å². The van der Waals surface area contributed by atoms with Crippen LogP contribution in [0.15, 0.2) is 58.2 Å². The van der Waals surface area contributed by atoms with Gasteiger partial charge in [-0.15, -0.1) is 10.2 Å². The number of para-hydroxylation sites is 1. The van der Waals surface area contributed by atoms with Gasteiger partial charge in [0.25, 0.3) is 0 Å². The maximum Gasteiger partial charge on any atom is 0.191 e. The van der Waals surface area contributed by atoms with E-state index in [1.165, 1.54) is 5.56 Å². The second-order valence-corrected chi connectivity index (χ2v) is 7.36. The molecule has 0 bridgehead atoms. The highest BCUT2D eigenvalue weighted by atomic mass is 79.9. The molecule has 0 aliphatic rings. The van der Waals surface area contributed by atoms with Gasteiger partial charge >= 0.3 is 0 Å². The molecule has 0 amide bonds. The minimum atomic E-state index is 0.325. The lowest BCUT2D eigenvalue weighted by molar-refractivity contribution is 0.290. The monoisotopic (exact) mass is 423 g/mol. The molecule has 0 aliphatic carbocycles. The summed E-state index contributed by atoms with van der Waals surface area (Å²) >= 11 is 11.2. The molecule has 24 heavy (non-hydrogen) atoms. The summed E-state index contributed by atoms with van der Waals surface area (Å²) in [5, 5.41) is 9.88. The standard InChI is InChI=1S/C17H15BrClN3OS/c1-22-16(10-23-15-5-3-2-4-14(15)19)20-21-17(22)24-11-12-6-8-13(18)9-7-12/h2-9H,10-11H2,1H3. The third kappa shape index (κ3) is 4.32. The molecule has 0 saturated heterocycles. The molecule has 0 atom stereocenters. The number of benzene rings is 2. The number of aromatic nitrogens is 3. The van der Waals surface area contributed by atoms with E-state index in [-0.39, 0.29) is 0 Å². The Morgan fingerprint density at radius 3 is 2.62 bits per heavy atom. The average molecular weight is 425 g/mol. The molecule has 0 unspecified atom stereocenters. The van der Waals surface area contributed by atoms with E-state index in [1.807, 2.05) is 41.9 Å². The van der Waals surface area contributed by atoms with Crippen molar-refractivity contribution in [2.24, 2.45) is 7.05 Å². The van der Waals surface area contributed by atoms with Crippen LogP contribution in [0.5, 0.6) is 5.75 Å². The van der Waals surface area contributed by atoms with Crippen molar-refractivity contribution in [3.8, 4) is 5.75 Å². The molecule has 0 radical (unpaired) electrons. The molecular formula is C17H15BrClN3OS. The van der Waals surface area contributed by atoms with Gasteiger partial charge in [0.1, 0.15) is 12.4 Å². The molecule has 1 heterocycles. The zero-order chi connectivity index (χ0) is 16.9. The molecule has 124 valence electrons. The topological polar surface area (TPSA) is 39.9 Å². The molecule has 1 aromatic heterocycles. The van der Waals surface area contributed by atoms with Crippen LogP contribution in [0.25, 0.3) is 0 Å². The lowest BCUT2D eigenvalue weighted by Gasteiger charge is -2.07. The molecule has 4 nitrogen and oxygen atoms in total. The van der Waals surface area contributed by atoms with E-state index in [9.17, 15) is 0 Å². The van der Waals surface area contributed by atoms with E-state index in [0.29, 0.717) is 17.4 Å². The van der Waals surface area contributed by atoms with Crippen LogP contribution in [0.2, 0.25) is 5.02 Å². The molecule has 3 aromatic rings. The number of hydrogen-bond donors (Lipinski definition) is 0. The van der Waals surface area contributed by atoms with Gasteiger partial charge in [0.15, 0.2) is 11.0 Å². The van der Waals surface area contributed by atoms with Crippen molar-refractivity contribution in [2.45, 2.75) is 17.5 Å². The van der Waals surface area contributed by atoms with Crippen LogP contribution in [-0.2, 0) is 19.4 Å². The smallest absolute Gasteiger partial charge is 0.191 e. The molecule has 0 saturated carbocycles. The summed E-state index contributed by atoms with van der Waals surface area (Å²) in [6.07, 6.45) is 0. The first kappa shape index (κ1) is 17.3. The lowest BCUT2D eigenvalue weighted by Crippen LogP contribution is -2.04.